The SMILES string of the molecule is COc1ccc(COP(=O)(COCCn2cnc3c(=O)[nH]c(N)nc32)OCc2ccc([N+](=O)[O-])o2)cc1F. The Bertz CT molecular complexity index is 1550. The molecule has 0 aliphatic heterocycles. The van der Waals surface area contributed by atoms with Gasteiger partial charge in [0.05, 0.1) is 32.7 Å². The lowest BCUT2D eigenvalue weighted by atomic mass is 10.2. The van der Waals surface area contributed by atoms with Gasteiger partial charge in [-0.25, -0.2) is 9.37 Å². The van der Waals surface area contributed by atoms with Crippen molar-refractivity contribution < 1.29 is 36.8 Å². The van der Waals surface area contributed by atoms with Gasteiger partial charge in [0.2, 0.25) is 5.95 Å². The van der Waals surface area contributed by atoms with Gasteiger partial charge in [0, 0.05) is 6.54 Å². The first-order valence-corrected chi connectivity index (χ1v) is 12.6. The molecular formula is C21H22FN6O9P. The predicted octanol–water partition coefficient (Wildman–Crippen LogP) is 2.95. The fraction of sp³-hybridized carbons (Fsp3) is 0.286. The number of anilines is 1. The number of aromatic nitrogens is 4. The number of benzene rings is 1. The van der Waals surface area contributed by atoms with Crippen LogP contribution >= 0.6 is 7.60 Å². The van der Waals surface area contributed by atoms with Crippen LogP contribution in [0.4, 0.5) is 16.2 Å². The van der Waals surface area contributed by atoms with Crippen LogP contribution in [-0.4, -0.2) is 44.5 Å². The highest BCUT2D eigenvalue weighted by atomic mass is 31.2. The molecule has 15 nitrogen and oxygen atoms in total. The number of hydrogen-bond acceptors (Lipinski definition) is 12. The maximum atomic E-state index is 14.0. The summed E-state index contributed by atoms with van der Waals surface area (Å²) in [6.45, 7) is -0.554. The molecule has 0 aliphatic rings. The van der Waals surface area contributed by atoms with Gasteiger partial charge in [0.15, 0.2) is 22.7 Å². The predicted molar refractivity (Wildman–Crippen MR) is 129 cm³/mol. The van der Waals surface area contributed by atoms with Crippen LogP contribution in [0.3, 0.4) is 0 Å². The number of imidazole rings is 1. The Balaban J connectivity index is 1.41. The van der Waals surface area contributed by atoms with E-state index in [2.05, 4.69) is 15.0 Å². The van der Waals surface area contributed by atoms with E-state index in [-0.39, 0.29) is 48.4 Å². The number of ether oxygens (including phenoxy) is 2. The van der Waals surface area contributed by atoms with Crippen molar-refractivity contribution in [2.24, 2.45) is 0 Å². The number of nitrogens with two attached hydrogens (primary N) is 1. The lowest BCUT2D eigenvalue weighted by Crippen LogP contribution is -2.13. The van der Waals surface area contributed by atoms with E-state index < -0.39 is 42.7 Å². The standard InChI is InChI=1S/C21H22FN6O9P/c1-33-16-4-2-13(8-15(16)22)9-35-38(32,36-10-14-3-5-17(37-14)28(30)31)12-34-7-6-27-11-24-18-19(27)25-21(23)26-20(18)29/h2-5,8,11H,6-7,9-10,12H2,1H3,(H3,23,25,26,29). The van der Waals surface area contributed by atoms with Crippen LogP contribution in [0.5, 0.6) is 5.75 Å². The zero-order valence-corrected chi connectivity index (χ0v) is 20.8. The van der Waals surface area contributed by atoms with E-state index in [4.69, 9.17) is 28.7 Å². The molecular weight excluding hydrogens is 530 g/mol. The minimum absolute atomic E-state index is 0.0139. The molecule has 0 fully saturated rings. The molecule has 0 aliphatic carbocycles. The van der Waals surface area contributed by atoms with Crippen molar-refractivity contribution in [3.05, 3.63) is 74.3 Å². The number of rotatable bonds is 13. The molecule has 3 heterocycles. The number of aromatic amines is 1. The zero-order valence-electron chi connectivity index (χ0n) is 19.9. The van der Waals surface area contributed by atoms with Crippen LogP contribution < -0.4 is 16.0 Å². The summed E-state index contributed by atoms with van der Waals surface area (Å²) in [6.07, 6.45) is 0.863. The van der Waals surface area contributed by atoms with Crippen LogP contribution in [0.25, 0.3) is 11.2 Å². The van der Waals surface area contributed by atoms with Gasteiger partial charge in [-0.1, -0.05) is 6.07 Å². The molecule has 4 rings (SSSR count). The van der Waals surface area contributed by atoms with Crippen molar-refractivity contribution in [3.8, 4) is 5.75 Å². The molecule has 0 radical (unpaired) electrons. The van der Waals surface area contributed by atoms with Crippen LogP contribution in [0.15, 0.2) is 45.9 Å². The molecule has 1 aromatic carbocycles. The second kappa shape index (κ2) is 11.5. The highest BCUT2D eigenvalue weighted by Crippen LogP contribution is 2.50. The Hall–Kier alpha value is -4.11. The van der Waals surface area contributed by atoms with Gasteiger partial charge in [0.25, 0.3) is 5.56 Å². The summed E-state index contributed by atoms with van der Waals surface area (Å²) in [7, 11) is -2.67. The van der Waals surface area contributed by atoms with Gasteiger partial charge < -0.3 is 28.7 Å². The molecule has 0 amide bonds. The van der Waals surface area contributed by atoms with Crippen LogP contribution in [0, 0.1) is 15.9 Å². The van der Waals surface area contributed by atoms with E-state index in [1.54, 1.807) is 0 Å². The van der Waals surface area contributed by atoms with Gasteiger partial charge in [-0.2, -0.15) is 4.98 Å². The summed E-state index contributed by atoms with van der Waals surface area (Å²) in [4.78, 5) is 32.4. The number of fused-ring (bicyclic) bond motifs is 1. The number of nitro groups is 1. The molecule has 0 saturated heterocycles. The fourth-order valence-electron chi connectivity index (χ4n) is 3.26. The monoisotopic (exact) mass is 552 g/mol. The van der Waals surface area contributed by atoms with Crippen molar-refractivity contribution in [1.29, 1.82) is 0 Å². The third kappa shape index (κ3) is 6.41. The molecule has 0 saturated carbocycles. The first-order valence-electron chi connectivity index (χ1n) is 10.9. The maximum Gasteiger partial charge on any atom is 0.433 e. The minimum Gasteiger partial charge on any atom is -0.494 e. The number of nitrogens with zero attached hydrogens (tertiary/aromatic N) is 4. The highest BCUT2D eigenvalue weighted by molar-refractivity contribution is 7.53. The second-order valence-corrected chi connectivity index (χ2v) is 9.72. The first kappa shape index (κ1) is 26.9. The summed E-state index contributed by atoms with van der Waals surface area (Å²) in [6, 6.07) is 6.49. The fourth-order valence-corrected chi connectivity index (χ4v) is 4.51. The molecule has 38 heavy (non-hydrogen) atoms. The number of nitrogens with one attached hydrogen (secondary N) is 1. The van der Waals surface area contributed by atoms with Crippen LogP contribution in [0.2, 0.25) is 0 Å². The largest absolute Gasteiger partial charge is 0.494 e. The van der Waals surface area contributed by atoms with Crippen molar-refractivity contribution in [1.82, 2.24) is 19.5 Å². The third-order valence-electron chi connectivity index (χ3n) is 5.09. The van der Waals surface area contributed by atoms with Crippen molar-refractivity contribution >= 4 is 30.6 Å². The normalized spacial score (nSPS) is 13.0. The third-order valence-corrected chi connectivity index (χ3v) is 6.64. The zero-order chi connectivity index (χ0) is 27.3. The summed E-state index contributed by atoms with van der Waals surface area (Å²) in [5.41, 5.74) is 5.77. The minimum atomic E-state index is -3.99. The number of H-pyrrole nitrogens is 1. The number of halogens is 1. The van der Waals surface area contributed by atoms with Gasteiger partial charge in [0.1, 0.15) is 23.6 Å². The van der Waals surface area contributed by atoms with Crippen molar-refractivity contribution in [2.75, 3.05) is 25.8 Å². The van der Waals surface area contributed by atoms with E-state index >= 15 is 0 Å². The Kier molecular flexibility index (Phi) is 8.16. The molecule has 17 heteroatoms. The number of hydrogen-bond donors (Lipinski definition) is 2. The Morgan fingerprint density at radius 3 is 2.76 bits per heavy atom. The smallest absolute Gasteiger partial charge is 0.433 e. The number of methoxy groups -OCH3 is 1. The molecule has 1 unspecified atom stereocenters. The van der Waals surface area contributed by atoms with Gasteiger partial charge in [-0.3, -0.25) is 29.0 Å². The van der Waals surface area contributed by atoms with Gasteiger partial charge in [-0.15, -0.1) is 0 Å². The molecule has 3 N–H and O–H groups in total. The van der Waals surface area contributed by atoms with Gasteiger partial charge >= 0.3 is 13.5 Å². The molecule has 202 valence electrons. The molecule has 4 aromatic rings. The molecule has 0 spiro atoms. The molecule has 3 aromatic heterocycles. The summed E-state index contributed by atoms with van der Waals surface area (Å²) < 4.78 is 55.3. The average molecular weight is 552 g/mol. The lowest BCUT2D eigenvalue weighted by molar-refractivity contribution is -0.402. The summed E-state index contributed by atoms with van der Waals surface area (Å²) >= 11 is 0. The Morgan fingerprint density at radius 1 is 1.26 bits per heavy atom. The highest BCUT2D eigenvalue weighted by Gasteiger charge is 2.27. The van der Waals surface area contributed by atoms with E-state index in [0.29, 0.717) is 5.56 Å². The summed E-state index contributed by atoms with van der Waals surface area (Å²) in [5.74, 6) is -1.16. The van der Waals surface area contributed by atoms with Crippen LogP contribution in [-0.2, 0) is 38.1 Å². The Morgan fingerprint density at radius 2 is 2.05 bits per heavy atom. The van der Waals surface area contributed by atoms with E-state index in [0.717, 1.165) is 12.1 Å². The van der Waals surface area contributed by atoms with Crippen molar-refractivity contribution in [3.63, 3.8) is 0 Å². The topological polar surface area (TPSA) is 200 Å². The second-order valence-electron chi connectivity index (χ2n) is 7.72. The first-order chi connectivity index (χ1) is 18.2. The van der Waals surface area contributed by atoms with Crippen LogP contribution in [0.1, 0.15) is 11.3 Å². The maximum absolute atomic E-state index is 14.0. The van der Waals surface area contributed by atoms with E-state index in [1.807, 2.05) is 0 Å². The number of nitrogen functional groups attached to an aromatic ring is 1. The lowest BCUT2D eigenvalue weighted by Gasteiger charge is -2.18. The Labute approximate surface area is 213 Å². The quantitative estimate of drug-likeness (QED) is 0.106. The molecule has 0 bridgehead atoms. The average Bonchev–Trinajstić information content (AvgIpc) is 3.52. The van der Waals surface area contributed by atoms with E-state index in [1.165, 1.54) is 36.2 Å². The summed E-state index contributed by atoms with van der Waals surface area (Å²) in [5, 5.41) is 10.8. The molecule has 1 atom stereocenters. The number of furan rings is 1. The van der Waals surface area contributed by atoms with Gasteiger partial charge in [-0.05, 0) is 23.8 Å². The van der Waals surface area contributed by atoms with Crippen molar-refractivity contribution in [2.45, 2.75) is 19.8 Å². The van der Waals surface area contributed by atoms with E-state index in [9.17, 15) is 23.9 Å².